The molecule has 0 aliphatic carbocycles. The standard InChI is InChI=1S/C21H14Cl4N2O3/c22-13-3-5-15(6-4-13)26-19(28)11-30-16-7-1-12(2-8-16)21(29)27-20-17(24)9-14(23)10-18(20)25/h1-10H,11H2,(H,26,28)(H,27,29). The van der Waals surface area contributed by atoms with Gasteiger partial charge in [0.05, 0.1) is 15.7 Å². The lowest BCUT2D eigenvalue weighted by Gasteiger charge is -2.11. The molecule has 9 heteroatoms. The van der Waals surface area contributed by atoms with E-state index in [0.717, 1.165) is 0 Å². The number of carbonyl (C=O) groups is 2. The van der Waals surface area contributed by atoms with Crippen LogP contribution >= 0.6 is 46.4 Å². The van der Waals surface area contributed by atoms with E-state index in [1.54, 1.807) is 48.5 Å². The van der Waals surface area contributed by atoms with E-state index >= 15 is 0 Å². The summed E-state index contributed by atoms with van der Waals surface area (Å²) in [4.78, 5) is 24.4. The summed E-state index contributed by atoms with van der Waals surface area (Å²) in [5.41, 5.74) is 1.24. The largest absolute Gasteiger partial charge is 0.484 e. The Bertz CT molecular complexity index is 1050. The van der Waals surface area contributed by atoms with Crippen LogP contribution in [0.2, 0.25) is 20.1 Å². The van der Waals surface area contributed by atoms with Gasteiger partial charge in [0.15, 0.2) is 6.61 Å². The molecule has 0 atom stereocenters. The predicted octanol–water partition coefficient (Wildman–Crippen LogP) is 6.57. The predicted molar refractivity (Wildman–Crippen MR) is 121 cm³/mol. The van der Waals surface area contributed by atoms with Crippen LogP contribution in [0, 0.1) is 0 Å². The molecule has 0 radical (unpaired) electrons. The lowest BCUT2D eigenvalue weighted by atomic mass is 10.2. The number of nitrogens with one attached hydrogen (secondary N) is 2. The van der Waals surface area contributed by atoms with Gasteiger partial charge < -0.3 is 15.4 Å². The van der Waals surface area contributed by atoms with Crippen LogP contribution in [-0.4, -0.2) is 18.4 Å². The lowest BCUT2D eigenvalue weighted by molar-refractivity contribution is -0.118. The van der Waals surface area contributed by atoms with E-state index in [0.29, 0.717) is 27.0 Å². The number of rotatable bonds is 6. The van der Waals surface area contributed by atoms with Gasteiger partial charge in [0.25, 0.3) is 11.8 Å². The van der Waals surface area contributed by atoms with Crippen molar-refractivity contribution in [2.45, 2.75) is 0 Å². The van der Waals surface area contributed by atoms with Crippen LogP contribution in [0.1, 0.15) is 10.4 Å². The summed E-state index contributed by atoms with van der Waals surface area (Å²) in [5.74, 6) is -0.306. The second-order valence-corrected chi connectivity index (χ2v) is 7.75. The molecule has 0 saturated carbocycles. The third kappa shape index (κ3) is 6.03. The van der Waals surface area contributed by atoms with Crippen LogP contribution in [-0.2, 0) is 4.79 Å². The molecular weight excluding hydrogens is 470 g/mol. The number of hydrogen-bond donors (Lipinski definition) is 2. The Morgan fingerprint density at radius 2 is 1.37 bits per heavy atom. The zero-order chi connectivity index (χ0) is 21.7. The molecule has 2 N–H and O–H groups in total. The lowest BCUT2D eigenvalue weighted by Crippen LogP contribution is -2.20. The molecule has 2 amide bonds. The van der Waals surface area contributed by atoms with Crippen molar-refractivity contribution in [2.75, 3.05) is 17.2 Å². The van der Waals surface area contributed by atoms with Crippen molar-refractivity contribution in [1.29, 1.82) is 0 Å². The van der Waals surface area contributed by atoms with Gasteiger partial charge in [0.1, 0.15) is 5.75 Å². The molecule has 0 spiro atoms. The number of anilines is 2. The SMILES string of the molecule is O=C(COc1ccc(C(=O)Nc2c(Cl)cc(Cl)cc2Cl)cc1)Nc1ccc(Cl)cc1. The maximum atomic E-state index is 12.4. The van der Waals surface area contributed by atoms with Gasteiger partial charge in [-0.1, -0.05) is 46.4 Å². The van der Waals surface area contributed by atoms with E-state index in [4.69, 9.17) is 51.1 Å². The van der Waals surface area contributed by atoms with E-state index in [-0.39, 0.29) is 28.2 Å². The first-order valence-electron chi connectivity index (χ1n) is 8.56. The third-order valence-corrected chi connectivity index (χ3v) is 4.93. The molecule has 0 aliphatic heterocycles. The summed E-state index contributed by atoms with van der Waals surface area (Å²) >= 11 is 23.8. The Labute approximate surface area is 192 Å². The van der Waals surface area contributed by atoms with Gasteiger partial charge in [-0.3, -0.25) is 9.59 Å². The summed E-state index contributed by atoms with van der Waals surface area (Å²) in [6, 6.07) is 16.0. The number of benzene rings is 3. The monoisotopic (exact) mass is 482 g/mol. The van der Waals surface area contributed by atoms with E-state index in [2.05, 4.69) is 10.6 Å². The van der Waals surface area contributed by atoms with Gasteiger partial charge in [-0.2, -0.15) is 0 Å². The Morgan fingerprint density at radius 1 is 0.767 bits per heavy atom. The van der Waals surface area contributed by atoms with Crippen LogP contribution in [0.3, 0.4) is 0 Å². The second kappa shape index (κ2) is 10.0. The van der Waals surface area contributed by atoms with Crippen molar-refractivity contribution in [3.8, 4) is 5.75 Å². The first-order chi connectivity index (χ1) is 14.3. The smallest absolute Gasteiger partial charge is 0.262 e. The number of halogens is 4. The quantitative estimate of drug-likeness (QED) is 0.416. The molecule has 0 fully saturated rings. The molecule has 0 aromatic heterocycles. The van der Waals surface area contributed by atoms with Crippen molar-refractivity contribution >= 4 is 69.6 Å². The first-order valence-corrected chi connectivity index (χ1v) is 10.1. The highest BCUT2D eigenvalue weighted by atomic mass is 35.5. The van der Waals surface area contributed by atoms with Crippen molar-refractivity contribution < 1.29 is 14.3 Å². The van der Waals surface area contributed by atoms with Crippen LogP contribution in [0.4, 0.5) is 11.4 Å². The Morgan fingerprint density at radius 3 is 1.97 bits per heavy atom. The van der Waals surface area contributed by atoms with Crippen LogP contribution < -0.4 is 15.4 Å². The van der Waals surface area contributed by atoms with Crippen LogP contribution in [0.5, 0.6) is 5.75 Å². The fourth-order valence-electron chi connectivity index (χ4n) is 2.43. The van der Waals surface area contributed by atoms with E-state index < -0.39 is 5.91 Å². The Balaban J connectivity index is 1.56. The molecule has 3 aromatic rings. The van der Waals surface area contributed by atoms with E-state index in [1.165, 1.54) is 12.1 Å². The van der Waals surface area contributed by atoms with Gasteiger partial charge in [0.2, 0.25) is 0 Å². The topological polar surface area (TPSA) is 67.4 Å². The van der Waals surface area contributed by atoms with Gasteiger partial charge in [-0.25, -0.2) is 0 Å². The zero-order valence-corrected chi connectivity index (χ0v) is 18.2. The number of ether oxygens (including phenoxy) is 1. The maximum Gasteiger partial charge on any atom is 0.262 e. The minimum atomic E-state index is -0.409. The molecule has 154 valence electrons. The molecule has 0 heterocycles. The van der Waals surface area contributed by atoms with Crippen LogP contribution in [0.25, 0.3) is 0 Å². The minimum Gasteiger partial charge on any atom is -0.484 e. The number of amides is 2. The van der Waals surface area contributed by atoms with Crippen molar-refractivity contribution in [3.05, 3.63) is 86.3 Å². The molecule has 5 nitrogen and oxygen atoms in total. The molecule has 0 unspecified atom stereocenters. The fourth-order valence-corrected chi connectivity index (χ4v) is 3.47. The highest BCUT2D eigenvalue weighted by molar-refractivity contribution is 6.42. The van der Waals surface area contributed by atoms with Crippen molar-refractivity contribution in [2.24, 2.45) is 0 Å². The molecule has 30 heavy (non-hydrogen) atoms. The molecule has 3 rings (SSSR count). The van der Waals surface area contributed by atoms with Crippen LogP contribution in [0.15, 0.2) is 60.7 Å². The van der Waals surface area contributed by atoms with E-state index in [9.17, 15) is 9.59 Å². The first kappa shape index (κ1) is 22.2. The summed E-state index contributed by atoms with van der Waals surface area (Å²) in [7, 11) is 0. The highest BCUT2D eigenvalue weighted by Gasteiger charge is 2.13. The zero-order valence-electron chi connectivity index (χ0n) is 15.2. The number of hydrogen-bond acceptors (Lipinski definition) is 3. The van der Waals surface area contributed by atoms with Crippen molar-refractivity contribution in [3.63, 3.8) is 0 Å². The van der Waals surface area contributed by atoms with Gasteiger partial charge in [-0.05, 0) is 60.7 Å². The maximum absolute atomic E-state index is 12.4. The fraction of sp³-hybridized carbons (Fsp3) is 0.0476. The average molecular weight is 484 g/mol. The molecule has 3 aromatic carbocycles. The molecule has 0 aliphatic rings. The van der Waals surface area contributed by atoms with Gasteiger partial charge >= 0.3 is 0 Å². The summed E-state index contributed by atoms with van der Waals surface area (Å²) < 4.78 is 5.44. The molecule has 0 bridgehead atoms. The van der Waals surface area contributed by atoms with Gasteiger partial charge in [-0.15, -0.1) is 0 Å². The second-order valence-electron chi connectivity index (χ2n) is 6.07. The Kier molecular flexibility index (Phi) is 7.45. The molecular formula is C21H14Cl4N2O3. The summed E-state index contributed by atoms with van der Waals surface area (Å²) in [6.07, 6.45) is 0. The average Bonchev–Trinajstić information content (AvgIpc) is 2.71. The normalized spacial score (nSPS) is 10.4. The van der Waals surface area contributed by atoms with Crippen molar-refractivity contribution in [1.82, 2.24) is 0 Å². The highest BCUT2D eigenvalue weighted by Crippen LogP contribution is 2.34. The number of carbonyl (C=O) groups excluding carboxylic acids is 2. The van der Waals surface area contributed by atoms with E-state index in [1.807, 2.05) is 0 Å². The minimum absolute atomic E-state index is 0.190. The summed E-state index contributed by atoms with van der Waals surface area (Å²) in [6.45, 7) is -0.190. The summed E-state index contributed by atoms with van der Waals surface area (Å²) in [5, 5.41) is 6.74. The molecule has 0 saturated heterocycles. The Hall–Kier alpha value is -2.44. The third-order valence-electron chi connectivity index (χ3n) is 3.86. The van der Waals surface area contributed by atoms with Gasteiger partial charge in [0, 0.05) is 21.3 Å².